The van der Waals surface area contributed by atoms with Crippen LogP contribution < -0.4 is 5.32 Å². The van der Waals surface area contributed by atoms with Crippen LogP contribution >= 0.6 is 11.3 Å². The zero-order chi connectivity index (χ0) is 23.3. The number of benzene rings is 1. The zero-order valence-corrected chi connectivity index (χ0v) is 18.7. The van der Waals surface area contributed by atoms with Crippen molar-refractivity contribution in [3.8, 4) is 10.4 Å². The monoisotopic (exact) mass is 457 g/mol. The molecule has 1 aromatic carbocycles. The van der Waals surface area contributed by atoms with Crippen LogP contribution in [0, 0.1) is 0 Å². The molecule has 0 aliphatic carbocycles. The molecular formula is C22H23N3O6S. The number of rotatable bonds is 7. The Kier molecular flexibility index (Phi) is 7.37. The summed E-state index contributed by atoms with van der Waals surface area (Å²) in [7, 11) is 1.45. The van der Waals surface area contributed by atoms with Crippen molar-refractivity contribution in [1.29, 1.82) is 0 Å². The molecule has 3 rings (SSSR count). The summed E-state index contributed by atoms with van der Waals surface area (Å²) in [6.45, 7) is 3.30. The highest BCUT2D eigenvalue weighted by Crippen LogP contribution is 2.36. The number of thiophene rings is 1. The summed E-state index contributed by atoms with van der Waals surface area (Å²) in [6.07, 6.45) is -0.856. The Labute approximate surface area is 189 Å². The van der Waals surface area contributed by atoms with Gasteiger partial charge in [0.25, 0.3) is 5.91 Å². The molecule has 32 heavy (non-hydrogen) atoms. The predicted molar refractivity (Wildman–Crippen MR) is 119 cm³/mol. The van der Waals surface area contributed by atoms with Crippen molar-refractivity contribution in [2.45, 2.75) is 32.8 Å². The van der Waals surface area contributed by atoms with Gasteiger partial charge in [0, 0.05) is 24.8 Å². The van der Waals surface area contributed by atoms with Gasteiger partial charge in [-0.15, -0.1) is 11.3 Å². The van der Waals surface area contributed by atoms with Gasteiger partial charge >= 0.3 is 11.9 Å². The molecule has 0 bridgehead atoms. The van der Waals surface area contributed by atoms with Gasteiger partial charge in [0.15, 0.2) is 6.10 Å². The second-order valence-corrected chi connectivity index (χ2v) is 7.99. The predicted octanol–water partition coefficient (Wildman–Crippen LogP) is 3.07. The molecule has 0 radical (unpaired) electrons. The molecule has 1 atom stereocenters. The minimum atomic E-state index is -1.15. The molecule has 168 valence electrons. The summed E-state index contributed by atoms with van der Waals surface area (Å²) in [5.41, 5.74) is 1.18. The number of carbonyl (C=O) groups is 4. The van der Waals surface area contributed by atoms with Crippen LogP contribution in [0.15, 0.2) is 41.5 Å². The summed E-state index contributed by atoms with van der Waals surface area (Å²) in [5.74, 6) is -2.14. The molecule has 1 unspecified atom stereocenters. The smallest absolute Gasteiger partial charge is 0.355 e. The van der Waals surface area contributed by atoms with E-state index >= 15 is 0 Å². The molecular weight excluding hydrogens is 434 g/mol. The van der Waals surface area contributed by atoms with E-state index in [2.05, 4.69) is 10.4 Å². The van der Waals surface area contributed by atoms with Gasteiger partial charge in [-0.1, -0.05) is 30.3 Å². The van der Waals surface area contributed by atoms with Gasteiger partial charge in [-0.25, -0.2) is 14.6 Å². The van der Waals surface area contributed by atoms with E-state index in [4.69, 9.17) is 9.47 Å². The average molecular weight is 458 g/mol. The van der Waals surface area contributed by atoms with E-state index in [0.717, 1.165) is 15.4 Å². The van der Waals surface area contributed by atoms with E-state index in [-0.39, 0.29) is 36.6 Å². The molecule has 2 aromatic rings. The van der Waals surface area contributed by atoms with Crippen molar-refractivity contribution in [2.24, 2.45) is 5.10 Å². The maximum atomic E-state index is 12.7. The van der Waals surface area contributed by atoms with Crippen molar-refractivity contribution >= 4 is 45.8 Å². The quantitative estimate of drug-likeness (QED) is 0.639. The number of esters is 2. The number of hydrogen-bond donors (Lipinski definition) is 1. The summed E-state index contributed by atoms with van der Waals surface area (Å²) in [5, 5.41) is 7.93. The lowest BCUT2D eigenvalue weighted by Gasteiger charge is -2.19. The second-order valence-electron chi connectivity index (χ2n) is 6.94. The summed E-state index contributed by atoms with van der Waals surface area (Å²) >= 11 is 1.22. The number of amides is 2. The lowest BCUT2D eigenvalue weighted by molar-refractivity contribution is -0.146. The van der Waals surface area contributed by atoms with Crippen LogP contribution in [0.5, 0.6) is 0 Å². The Balaban J connectivity index is 1.75. The number of nitrogens with zero attached hydrogens (tertiary/aromatic N) is 2. The first-order valence-electron chi connectivity index (χ1n) is 10.0. The molecule has 0 fully saturated rings. The van der Waals surface area contributed by atoms with Gasteiger partial charge in [0.2, 0.25) is 5.91 Å². The zero-order valence-electron chi connectivity index (χ0n) is 17.9. The molecule has 0 saturated heterocycles. The molecule has 10 heteroatoms. The lowest BCUT2D eigenvalue weighted by atomic mass is 10.1. The fraction of sp³-hybridized carbons (Fsp3) is 0.318. The van der Waals surface area contributed by atoms with E-state index < -0.39 is 23.9 Å². The maximum Gasteiger partial charge on any atom is 0.355 e. The van der Waals surface area contributed by atoms with Crippen LogP contribution in [-0.4, -0.2) is 54.2 Å². The number of carbonyl (C=O) groups excluding carboxylic acids is 4. The molecule has 1 aliphatic heterocycles. The van der Waals surface area contributed by atoms with Gasteiger partial charge in [0.05, 0.1) is 12.2 Å². The highest BCUT2D eigenvalue weighted by molar-refractivity contribution is 7.20. The highest BCUT2D eigenvalue weighted by Gasteiger charge is 2.28. The van der Waals surface area contributed by atoms with Gasteiger partial charge < -0.3 is 14.8 Å². The molecule has 1 aliphatic rings. The molecule has 1 N–H and O–H groups in total. The standard InChI is InChI=1S/C22H23N3O6S/c1-4-30-21(28)15-12-17(14-8-6-5-7-9-14)32-20(15)23-19(27)13(2)31-22(29)16-10-11-18(26)25(3)24-16/h5-9,12-13H,4,10-11H2,1-3H3,(H,23,27). The van der Waals surface area contributed by atoms with E-state index in [0.29, 0.717) is 5.00 Å². The van der Waals surface area contributed by atoms with Crippen molar-refractivity contribution < 1.29 is 28.7 Å². The minimum absolute atomic E-state index is 0.0708. The number of nitrogens with one attached hydrogen (secondary N) is 1. The van der Waals surface area contributed by atoms with Crippen molar-refractivity contribution in [3.05, 3.63) is 42.0 Å². The average Bonchev–Trinajstić information content (AvgIpc) is 3.20. The Morgan fingerprint density at radius 1 is 1.19 bits per heavy atom. The first-order valence-corrected chi connectivity index (χ1v) is 10.8. The van der Waals surface area contributed by atoms with Crippen molar-refractivity contribution in [1.82, 2.24) is 5.01 Å². The molecule has 0 saturated carbocycles. The van der Waals surface area contributed by atoms with Crippen LogP contribution in [0.3, 0.4) is 0 Å². The molecule has 0 spiro atoms. The molecule has 1 aromatic heterocycles. The van der Waals surface area contributed by atoms with Crippen LogP contribution in [0.25, 0.3) is 10.4 Å². The first kappa shape index (κ1) is 23.1. The fourth-order valence-electron chi connectivity index (χ4n) is 2.90. The Morgan fingerprint density at radius 2 is 1.91 bits per heavy atom. The molecule has 2 amide bonds. The number of hydrogen-bond acceptors (Lipinski definition) is 8. The Morgan fingerprint density at radius 3 is 2.56 bits per heavy atom. The summed E-state index contributed by atoms with van der Waals surface area (Å²) < 4.78 is 10.3. The van der Waals surface area contributed by atoms with Crippen LogP contribution in [-0.2, 0) is 23.9 Å². The largest absolute Gasteiger partial charge is 0.462 e. The molecule has 2 heterocycles. The third-order valence-electron chi connectivity index (χ3n) is 4.62. The molecule has 9 nitrogen and oxygen atoms in total. The third-order valence-corrected chi connectivity index (χ3v) is 5.72. The number of ether oxygens (including phenoxy) is 2. The van der Waals surface area contributed by atoms with Gasteiger partial charge in [0.1, 0.15) is 10.7 Å². The highest BCUT2D eigenvalue weighted by atomic mass is 32.1. The first-order chi connectivity index (χ1) is 15.3. The Bertz CT molecular complexity index is 1060. The normalized spacial score (nSPS) is 14.4. The third kappa shape index (κ3) is 5.38. The maximum absolute atomic E-state index is 12.7. The van der Waals surface area contributed by atoms with Gasteiger partial charge in [-0.3, -0.25) is 9.59 Å². The van der Waals surface area contributed by atoms with E-state index in [1.807, 2.05) is 30.3 Å². The lowest BCUT2D eigenvalue weighted by Crippen LogP contribution is -2.36. The van der Waals surface area contributed by atoms with E-state index in [1.54, 1.807) is 13.0 Å². The second kappa shape index (κ2) is 10.2. The number of anilines is 1. The fourth-order valence-corrected chi connectivity index (χ4v) is 3.96. The summed E-state index contributed by atoms with van der Waals surface area (Å²) in [6, 6.07) is 11.1. The summed E-state index contributed by atoms with van der Waals surface area (Å²) in [4.78, 5) is 49.7. The minimum Gasteiger partial charge on any atom is -0.462 e. The van der Waals surface area contributed by atoms with E-state index in [1.165, 1.54) is 25.3 Å². The van der Waals surface area contributed by atoms with Gasteiger partial charge in [-0.2, -0.15) is 5.10 Å². The van der Waals surface area contributed by atoms with Crippen LogP contribution in [0.1, 0.15) is 37.0 Å². The number of hydrazone groups is 1. The van der Waals surface area contributed by atoms with E-state index in [9.17, 15) is 19.2 Å². The van der Waals surface area contributed by atoms with Crippen LogP contribution in [0.2, 0.25) is 0 Å². The Hall–Kier alpha value is -3.53. The van der Waals surface area contributed by atoms with Crippen molar-refractivity contribution in [2.75, 3.05) is 19.0 Å². The van der Waals surface area contributed by atoms with Crippen LogP contribution in [0.4, 0.5) is 5.00 Å². The van der Waals surface area contributed by atoms with Crippen molar-refractivity contribution in [3.63, 3.8) is 0 Å². The van der Waals surface area contributed by atoms with Gasteiger partial charge in [-0.05, 0) is 25.5 Å². The topological polar surface area (TPSA) is 114 Å². The SMILES string of the molecule is CCOC(=O)c1cc(-c2ccccc2)sc1NC(=O)C(C)OC(=O)C1=NN(C)C(=O)CC1.